The van der Waals surface area contributed by atoms with Crippen LogP contribution in [0.15, 0.2) is 182 Å². The molecule has 0 spiro atoms. The number of benzene rings is 7. The number of hydrogen-bond acceptors (Lipinski definition) is 5. The molecular formula is C53H33N7. The topological polar surface area (TPSA) is 73.8 Å². The molecule has 2 aliphatic carbocycles. The number of nitrogens with zero attached hydrogens (tertiary/aromatic N) is 7. The van der Waals surface area contributed by atoms with Gasteiger partial charge in [-0.15, -0.1) is 0 Å². The molecule has 11 aromatic rings. The Balaban J connectivity index is 1.10. The number of allylic oxidation sites excluding steroid dienone is 5. The van der Waals surface area contributed by atoms with Crippen LogP contribution in [-0.4, -0.2) is 33.9 Å². The van der Waals surface area contributed by atoms with Crippen molar-refractivity contribution < 1.29 is 0 Å². The third kappa shape index (κ3) is 4.86. The molecule has 1 atom stereocenters. The van der Waals surface area contributed by atoms with Gasteiger partial charge in [0.05, 0.1) is 27.6 Å². The van der Waals surface area contributed by atoms with Gasteiger partial charge in [-0.2, -0.15) is 0 Å². The first kappa shape index (κ1) is 33.0. The predicted molar refractivity (Wildman–Crippen MR) is 243 cm³/mol. The average Bonchev–Trinajstić information content (AvgIpc) is 3.88. The standard InChI is InChI=1S/C53H33N7/c1-2-15-33(16-3-1)49-56-50(58-51(57-49)41-30-34-17-5-6-18-36(34)38-20-8-9-21-39(38)41)35-27-28-45-42(31-35)48-37-19-7-4-14-32(37)26-29-47(48)59(45)53-55-43-23-11-10-22-40(43)52-54-44-24-12-13-25-46(44)60(52)53/h1-19,21-31,38H,20H2. The smallest absolute Gasteiger partial charge is 0.221 e. The highest BCUT2D eigenvalue weighted by Crippen LogP contribution is 2.46. The Bertz CT molecular complexity index is 3700. The van der Waals surface area contributed by atoms with Crippen LogP contribution >= 0.6 is 0 Å². The Labute approximate surface area is 344 Å². The van der Waals surface area contributed by atoms with Gasteiger partial charge in [-0.1, -0.05) is 127 Å². The van der Waals surface area contributed by atoms with Crippen LogP contribution in [0.3, 0.4) is 0 Å². The third-order valence-corrected chi connectivity index (χ3v) is 12.3. The molecule has 4 aromatic heterocycles. The summed E-state index contributed by atoms with van der Waals surface area (Å²) in [6.45, 7) is 0. The molecule has 7 heteroatoms. The van der Waals surface area contributed by atoms with Crippen LogP contribution in [0, 0.1) is 0 Å². The van der Waals surface area contributed by atoms with Crippen LogP contribution in [0.5, 0.6) is 0 Å². The summed E-state index contributed by atoms with van der Waals surface area (Å²) in [5.74, 6) is 2.95. The van der Waals surface area contributed by atoms with E-state index < -0.39 is 0 Å². The third-order valence-electron chi connectivity index (χ3n) is 12.3. The largest absolute Gasteiger partial charge is 0.279 e. The van der Waals surface area contributed by atoms with Gasteiger partial charge in [0.15, 0.2) is 17.5 Å². The van der Waals surface area contributed by atoms with E-state index in [0.29, 0.717) is 17.5 Å². The van der Waals surface area contributed by atoms with Crippen LogP contribution in [0.2, 0.25) is 0 Å². The normalized spacial score (nSPS) is 14.9. The van der Waals surface area contributed by atoms with Gasteiger partial charge in [0, 0.05) is 38.8 Å². The van der Waals surface area contributed by atoms with Gasteiger partial charge in [0.1, 0.15) is 5.65 Å². The van der Waals surface area contributed by atoms with E-state index in [9.17, 15) is 0 Å². The van der Waals surface area contributed by atoms with Crippen molar-refractivity contribution in [2.75, 3.05) is 0 Å². The van der Waals surface area contributed by atoms with Crippen LogP contribution in [0.25, 0.3) is 101 Å². The van der Waals surface area contributed by atoms with Crippen molar-refractivity contribution in [3.05, 3.63) is 198 Å². The number of rotatable bonds is 4. The summed E-state index contributed by atoms with van der Waals surface area (Å²) in [7, 11) is 0. The van der Waals surface area contributed by atoms with Gasteiger partial charge >= 0.3 is 0 Å². The zero-order valence-corrected chi connectivity index (χ0v) is 32.2. The second-order valence-electron chi connectivity index (χ2n) is 15.6. The highest BCUT2D eigenvalue weighted by Gasteiger charge is 2.30. The minimum atomic E-state index is 0.241. The summed E-state index contributed by atoms with van der Waals surface area (Å²) in [5.41, 5.74) is 12.4. The lowest BCUT2D eigenvalue weighted by Crippen LogP contribution is -2.14. The molecule has 0 radical (unpaired) electrons. The quantitative estimate of drug-likeness (QED) is 0.178. The van der Waals surface area contributed by atoms with Crippen LogP contribution in [0.4, 0.5) is 0 Å². The first-order chi connectivity index (χ1) is 29.7. The maximum atomic E-state index is 5.42. The number of imidazole rings is 1. The van der Waals surface area contributed by atoms with Crippen LogP contribution < -0.4 is 0 Å². The molecule has 0 bridgehead atoms. The van der Waals surface area contributed by atoms with Crippen molar-refractivity contribution in [2.45, 2.75) is 12.3 Å². The molecule has 0 fully saturated rings. The van der Waals surface area contributed by atoms with Crippen molar-refractivity contribution in [1.82, 2.24) is 33.9 Å². The Hall–Kier alpha value is -8.03. The van der Waals surface area contributed by atoms with Gasteiger partial charge in [-0.25, -0.2) is 24.9 Å². The summed E-state index contributed by atoms with van der Waals surface area (Å²) in [4.78, 5) is 26.4. The van der Waals surface area contributed by atoms with Gasteiger partial charge in [0.25, 0.3) is 0 Å². The summed E-state index contributed by atoms with van der Waals surface area (Å²) >= 11 is 0. The number of aromatic nitrogens is 7. The minimum Gasteiger partial charge on any atom is -0.279 e. The molecule has 0 saturated carbocycles. The molecular weight excluding hydrogens is 735 g/mol. The van der Waals surface area contributed by atoms with Crippen LogP contribution in [0.1, 0.15) is 29.3 Å². The number of hydrogen-bond donors (Lipinski definition) is 0. The Kier molecular flexibility index (Phi) is 7.00. The van der Waals surface area contributed by atoms with Gasteiger partial charge in [0.2, 0.25) is 5.95 Å². The Morgan fingerprint density at radius 2 is 1.25 bits per heavy atom. The fourth-order valence-corrected chi connectivity index (χ4v) is 9.56. The minimum absolute atomic E-state index is 0.241. The van der Waals surface area contributed by atoms with Crippen LogP contribution in [-0.2, 0) is 0 Å². The molecule has 0 amide bonds. The molecule has 7 nitrogen and oxygen atoms in total. The fourth-order valence-electron chi connectivity index (χ4n) is 9.56. The molecule has 0 saturated heterocycles. The van der Waals surface area contributed by atoms with E-state index in [1.54, 1.807) is 0 Å². The van der Waals surface area contributed by atoms with E-state index in [-0.39, 0.29) is 5.92 Å². The number of para-hydroxylation sites is 3. The van der Waals surface area contributed by atoms with E-state index in [1.165, 1.54) is 27.5 Å². The maximum absolute atomic E-state index is 5.42. The summed E-state index contributed by atoms with van der Waals surface area (Å²) < 4.78 is 4.51. The summed E-state index contributed by atoms with van der Waals surface area (Å²) in [6, 6.07) is 55.2. The molecule has 13 rings (SSSR count). The van der Waals surface area contributed by atoms with E-state index in [2.05, 4.69) is 161 Å². The summed E-state index contributed by atoms with van der Waals surface area (Å²) in [6.07, 6.45) is 9.84. The highest BCUT2D eigenvalue weighted by molar-refractivity contribution is 6.22. The molecule has 0 aliphatic heterocycles. The maximum Gasteiger partial charge on any atom is 0.221 e. The molecule has 280 valence electrons. The molecule has 4 heterocycles. The average molecular weight is 768 g/mol. The van der Waals surface area contributed by atoms with Crippen molar-refractivity contribution in [3.8, 4) is 28.7 Å². The first-order valence-corrected chi connectivity index (χ1v) is 20.4. The van der Waals surface area contributed by atoms with Crippen molar-refractivity contribution >= 4 is 71.8 Å². The lowest BCUT2D eigenvalue weighted by molar-refractivity contribution is 0.812. The molecule has 7 aromatic carbocycles. The molecule has 0 N–H and O–H groups in total. The fraction of sp³-hybridized carbons (Fsp3) is 0.0377. The van der Waals surface area contributed by atoms with Crippen molar-refractivity contribution in [3.63, 3.8) is 0 Å². The monoisotopic (exact) mass is 767 g/mol. The van der Waals surface area contributed by atoms with E-state index in [0.717, 1.165) is 78.5 Å². The zero-order valence-electron chi connectivity index (χ0n) is 32.2. The van der Waals surface area contributed by atoms with Crippen molar-refractivity contribution in [2.24, 2.45) is 0 Å². The zero-order chi connectivity index (χ0) is 39.3. The second-order valence-corrected chi connectivity index (χ2v) is 15.6. The van der Waals surface area contributed by atoms with Gasteiger partial charge < -0.3 is 0 Å². The first-order valence-electron chi connectivity index (χ1n) is 20.4. The molecule has 60 heavy (non-hydrogen) atoms. The van der Waals surface area contributed by atoms with Crippen molar-refractivity contribution in [1.29, 1.82) is 0 Å². The lowest BCUT2D eigenvalue weighted by Gasteiger charge is -2.29. The second kappa shape index (κ2) is 12.7. The summed E-state index contributed by atoms with van der Waals surface area (Å²) in [5, 5.41) is 5.57. The predicted octanol–water partition coefficient (Wildman–Crippen LogP) is 12.3. The van der Waals surface area contributed by atoms with Gasteiger partial charge in [-0.05, 0) is 88.5 Å². The Morgan fingerprint density at radius 1 is 0.517 bits per heavy atom. The SMILES string of the molecule is C1=CCC2C(=C1)C(c1nc(-c3ccccc3)nc(-c3ccc4c(c3)c3c5ccccc5ccc3n4-c3nc4ccccc4c4nc5ccccc5n34)n1)=Cc1ccccc12. The van der Waals surface area contributed by atoms with E-state index in [4.69, 9.17) is 24.9 Å². The van der Waals surface area contributed by atoms with E-state index >= 15 is 0 Å². The van der Waals surface area contributed by atoms with E-state index in [1.807, 2.05) is 30.3 Å². The van der Waals surface area contributed by atoms with Gasteiger partial charge in [-0.3, -0.25) is 8.97 Å². The molecule has 2 aliphatic rings. The number of fused-ring (bicyclic) bond motifs is 13. The lowest BCUT2D eigenvalue weighted by atomic mass is 9.75. The highest BCUT2D eigenvalue weighted by atomic mass is 15.2. The molecule has 1 unspecified atom stereocenters. The Morgan fingerprint density at radius 3 is 2.17 bits per heavy atom.